The summed E-state index contributed by atoms with van der Waals surface area (Å²) in [4.78, 5) is 73.0. The van der Waals surface area contributed by atoms with Crippen molar-refractivity contribution >= 4 is 87.1 Å². The van der Waals surface area contributed by atoms with Gasteiger partial charge in [0.15, 0.2) is 57.2 Å². The van der Waals surface area contributed by atoms with Gasteiger partial charge in [-0.15, -0.1) is 11.8 Å². The van der Waals surface area contributed by atoms with Crippen molar-refractivity contribution in [2.75, 3.05) is 96.5 Å². The van der Waals surface area contributed by atoms with E-state index >= 15 is 0 Å². The van der Waals surface area contributed by atoms with Crippen LogP contribution in [0.2, 0.25) is 10.3 Å². The number of carbonyl (C=O) groups excluding carboxylic acids is 3. The molecule has 19 N–H and O–H groups in total. The van der Waals surface area contributed by atoms with Crippen LogP contribution >= 0.6 is 35.0 Å². The van der Waals surface area contributed by atoms with Crippen LogP contribution in [0.4, 0.5) is 28.1 Å². The number of H-pyrrole nitrogens is 2. The lowest BCUT2D eigenvalue weighted by Gasteiger charge is -2.08. The number of hydrogen-bond acceptors (Lipinski definition) is 25. The third-order valence-electron chi connectivity index (χ3n) is 14.4. The Balaban J connectivity index is 0.000000479. The van der Waals surface area contributed by atoms with Gasteiger partial charge in [0.25, 0.3) is 11.8 Å². The molecule has 33 heteroatoms. The number of benzene rings is 4. The zero-order chi connectivity index (χ0) is 77.5. The SMILES string of the molecule is C.CO.COC(CN)OC.CSC(C)=NC(=O)c1nc(Cl)c(N)nc1N.N#CCCCOc1ccc(CCCCNC(=O)OCc2ccccc2)cc1.NC(=NCCCCc1ccc(OCCCc2ncc[nH]2)cc1)NC(=O)c1nc(Cl)c(N)nc1N.NCCCCc1ccc(OCCCc2ncc[nH]2)cc1. The number of nitriles is 1. The Morgan fingerprint density at radius 2 is 1.08 bits per heavy atom. The van der Waals surface area contributed by atoms with E-state index < -0.39 is 11.8 Å². The normalized spacial score (nSPS) is 10.6. The number of rotatable bonds is 35. The lowest BCUT2D eigenvalue weighted by atomic mass is 10.1. The van der Waals surface area contributed by atoms with Crippen molar-refractivity contribution in [1.82, 2.24) is 50.5 Å². The number of aromatic amines is 2. The molecule has 107 heavy (non-hydrogen) atoms. The quantitative estimate of drug-likeness (QED) is 0.00760. The summed E-state index contributed by atoms with van der Waals surface area (Å²) in [5.41, 5.74) is 43.0. The highest BCUT2D eigenvalue weighted by atomic mass is 35.5. The van der Waals surface area contributed by atoms with Crippen molar-refractivity contribution in [3.63, 3.8) is 0 Å². The van der Waals surface area contributed by atoms with E-state index in [1.165, 1.54) is 28.5 Å². The number of ether oxygens (including phenoxy) is 6. The Kier molecular flexibility index (Phi) is 49.6. The number of unbranched alkanes of at least 4 members (excludes halogenated alkanes) is 4. The highest BCUT2D eigenvalue weighted by molar-refractivity contribution is 8.13. The summed E-state index contributed by atoms with van der Waals surface area (Å²) >= 11 is 12.8. The van der Waals surface area contributed by atoms with E-state index in [0.717, 1.165) is 138 Å². The second-order valence-corrected chi connectivity index (χ2v) is 24.1. The molecule has 3 amide bonds. The van der Waals surface area contributed by atoms with Gasteiger partial charge >= 0.3 is 6.09 Å². The number of carbonyl (C=O) groups is 3. The first-order valence-electron chi connectivity index (χ1n) is 34.1. The van der Waals surface area contributed by atoms with Crippen LogP contribution in [-0.4, -0.2) is 154 Å². The maximum Gasteiger partial charge on any atom is 0.407 e. The summed E-state index contributed by atoms with van der Waals surface area (Å²) in [5.74, 6) is 3.05. The summed E-state index contributed by atoms with van der Waals surface area (Å²) in [6.07, 6.45) is 22.1. The Hall–Kier alpha value is -10.2. The predicted octanol–water partition coefficient (Wildman–Crippen LogP) is 10.4. The number of methoxy groups -OCH3 is 2. The van der Waals surface area contributed by atoms with Crippen LogP contribution in [0.5, 0.6) is 17.2 Å². The monoisotopic (exact) mass is 1540 g/mol. The number of thioether (sulfide) groups is 1. The molecule has 30 nitrogen and oxygen atoms in total. The number of aliphatic hydroxyl groups excluding tert-OH is 1. The summed E-state index contributed by atoms with van der Waals surface area (Å²) in [6.45, 7) is 6.17. The van der Waals surface area contributed by atoms with Gasteiger partial charge < -0.3 is 88.9 Å². The van der Waals surface area contributed by atoms with E-state index in [-0.39, 0.29) is 77.3 Å². The van der Waals surface area contributed by atoms with E-state index in [0.29, 0.717) is 50.9 Å². The standard InChI is InChI=1S/C22H28ClN9O2.C22H26N2O3.C16H23N3O.C8H10ClN5OS.C4H11NO2.CH4O.CH4/c23-18-20(25)31-19(24)17(30-18)21(33)32-22(26)29-10-2-1-4-14-6-8-15(9-7-14)34-13-3-5-16-27-11-12-28-16;23-15-5-7-17-26-21-13-11-19(12-14-21)8-4-6-16-24-22(25)27-18-20-9-2-1-3-10-20;17-10-2-1-4-14-6-8-15(9-7-14)20-13-3-5-16-18-11-12-19-16;1-3(16-2)12-8(15)4-6(10)14-7(11)5(9)13-4;1-6-4(3-5)7-2;1-2;/h6-9,11-12H,1-5,10,13H2,(H,27,28)(H4,24,25,31)(H3,26,29,32,33);1-3,9-14H,4-8,16-18H2,(H,24,25);6-9,11-12H,1-5,10,13,17H2,(H,18,19);1-2H3,(H4,10,11,14);4H,3,5H2,1-2H3;2H,1H3;1H4. The molecule has 0 aliphatic heterocycles. The molecule has 0 atom stereocenters. The van der Waals surface area contributed by atoms with Crippen LogP contribution in [0.1, 0.15) is 133 Å². The lowest BCUT2D eigenvalue weighted by molar-refractivity contribution is -0.0940. The number of nitrogens with one attached hydrogen (secondary N) is 4. The molecule has 0 radical (unpaired) electrons. The van der Waals surface area contributed by atoms with Crippen LogP contribution in [0.3, 0.4) is 0 Å². The third kappa shape index (κ3) is 40.8. The lowest BCUT2D eigenvalue weighted by Crippen LogP contribution is -2.38. The van der Waals surface area contributed by atoms with E-state index in [9.17, 15) is 14.4 Å². The first kappa shape index (κ1) is 92.9. The number of hydrogen-bond donors (Lipinski definition) is 12. The molecular formula is C74H106Cl2N20O10S. The molecule has 582 valence electrons. The first-order chi connectivity index (χ1) is 51.4. The minimum atomic E-state index is -0.656. The fourth-order valence-electron chi connectivity index (χ4n) is 8.81. The Morgan fingerprint density at radius 3 is 1.52 bits per heavy atom. The second-order valence-electron chi connectivity index (χ2n) is 22.4. The van der Waals surface area contributed by atoms with Gasteiger partial charge in [0.1, 0.15) is 35.5 Å². The molecule has 0 spiro atoms. The molecular weight excluding hydrogens is 1430 g/mol. The minimum Gasteiger partial charge on any atom is -0.494 e. The second kappa shape index (κ2) is 57.1. The van der Waals surface area contributed by atoms with Gasteiger partial charge in [0, 0.05) is 85.0 Å². The number of nitrogens with zero attached hydrogens (tertiary/aromatic N) is 9. The Morgan fingerprint density at radius 1 is 0.617 bits per heavy atom. The smallest absolute Gasteiger partial charge is 0.407 e. The molecule has 0 aliphatic carbocycles. The number of aliphatic hydroxyl groups is 1. The van der Waals surface area contributed by atoms with Crippen molar-refractivity contribution in [2.45, 2.75) is 124 Å². The number of anilines is 4. The van der Waals surface area contributed by atoms with E-state index in [2.05, 4.69) is 103 Å². The largest absolute Gasteiger partial charge is 0.494 e. The highest BCUT2D eigenvalue weighted by Gasteiger charge is 2.18. The van der Waals surface area contributed by atoms with E-state index in [4.69, 9.17) is 102 Å². The summed E-state index contributed by atoms with van der Waals surface area (Å²) in [5, 5.41) is 21.1. The molecule has 0 saturated heterocycles. The first-order valence-corrected chi connectivity index (χ1v) is 36.1. The number of alkyl carbamates (subject to hydrolysis) is 1. The zero-order valence-corrected chi connectivity index (χ0v) is 63.1. The maximum atomic E-state index is 12.2. The molecule has 8 aromatic rings. The summed E-state index contributed by atoms with van der Waals surface area (Å²) in [7, 11) is 4.11. The van der Waals surface area contributed by atoms with Gasteiger partial charge in [0.2, 0.25) is 0 Å². The number of amides is 3. The number of guanidine groups is 1. The van der Waals surface area contributed by atoms with Gasteiger partial charge in [-0.1, -0.05) is 97.4 Å². The molecule has 4 heterocycles. The topological polar surface area (TPSA) is 490 Å². The number of imidazole rings is 2. The van der Waals surface area contributed by atoms with Gasteiger partial charge in [-0.3, -0.25) is 19.9 Å². The zero-order valence-electron chi connectivity index (χ0n) is 60.8. The fraction of sp³-hybridized carbons (Fsp3) is 0.405. The van der Waals surface area contributed by atoms with Crippen LogP contribution in [0, 0.1) is 11.3 Å². The molecule has 4 aromatic carbocycles. The van der Waals surface area contributed by atoms with Crippen LogP contribution < -0.4 is 65.0 Å². The molecule has 0 fully saturated rings. The average molecular weight is 1540 g/mol. The number of nitrogens with two attached hydrogens (primary N) is 7. The molecule has 0 unspecified atom stereocenters. The number of aromatic nitrogens is 8. The maximum absolute atomic E-state index is 12.2. The van der Waals surface area contributed by atoms with Crippen molar-refractivity contribution in [3.05, 3.63) is 184 Å². The van der Waals surface area contributed by atoms with Gasteiger partial charge in [0.05, 0.1) is 30.9 Å². The molecule has 0 saturated carbocycles. The minimum absolute atomic E-state index is 0. The third-order valence-corrected chi connectivity index (χ3v) is 15.7. The molecule has 4 aromatic heterocycles. The Labute approximate surface area is 641 Å². The van der Waals surface area contributed by atoms with Crippen molar-refractivity contribution in [3.8, 4) is 23.3 Å². The van der Waals surface area contributed by atoms with Gasteiger partial charge in [-0.25, -0.2) is 39.7 Å². The number of aryl methyl sites for hydroxylation is 5. The number of halogens is 2. The average Bonchev–Trinajstić information content (AvgIpc) is 1.84. The molecule has 0 bridgehead atoms. The predicted molar refractivity (Wildman–Crippen MR) is 425 cm³/mol. The van der Waals surface area contributed by atoms with Gasteiger partial charge in [-0.05, 0) is 155 Å². The summed E-state index contributed by atoms with van der Waals surface area (Å²) in [6, 6.07) is 36.2. The van der Waals surface area contributed by atoms with Gasteiger partial charge in [-0.2, -0.15) is 5.26 Å². The number of nitrogen functional groups attached to an aromatic ring is 4. The summed E-state index contributed by atoms with van der Waals surface area (Å²) < 4.78 is 31.6. The van der Waals surface area contributed by atoms with Crippen LogP contribution in [-0.2, 0) is 52.9 Å². The fourth-order valence-corrected chi connectivity index (χ4v) is 9.24. The van der Waals surface area contributed by atoms with Crippen LogP contribution in [0.25, 0.3) is 0 Å². The van der Waals surface area contributed by atoms with Crippen molar-refractivity contribution in [1.29, 1.82) is 5.26 Å². The van der Waals surface area contributed by atoms with Crippen molar-refractivity contribution in [2.24, 2.45) is 27.2 Å². The molecule has 8 rings (SSSR count). The Bertz CT molecular complexity index is 3800. The van der Waals surface area contributed by atoms with E-state index in [1.807, 2.05) is 79.1 Å². The molecule has 0 aliphatic rings. The van der Waals surface area contributed by atoms with Crippen molar-refractivity contribution < 1.29 is 47.9 Å². The highest BCUT2D eigenvalue weighted by Crippen LogP contribution is 2.21. The number of aliphatic imine (C=N–C) groups is 2. The van der Waals surface area contributed by atoms with Crippen LogP contribution in [0.15, 0.2) is 138 Å². The van der Waals surface area contributed by atoms with E-state index in [1.54, 1.807) is 39.8 Å².